The molecular formula is C18H29N5O2. The first-order valence-electron chi connectivity index (χ1n) is 9.34. The molecule has 1 aliphatic carbocycles. The molecule has 1 aromatic heterocycles. The Kier molecular flexibility index (Phi) is 5.30. The summed E-state index contributed by atoms with van der Waals surface area (Å²) in [7, 11) is 1.66. The van der Waals surface area contributed by atoms with E-state index < -0.39 is 0 Å². The highest BCUT2D eigenvalue weighted by Gasteiger charge is 2.28. The van der Waals surface area contributed by atoms with Crippen molar-refractivity contribution in [2.24, 2.45) is 0 Å². The number of amides is 3. The van der Waals surface area contributed by atoms with Crippen molar-refractivity contribution >= 4 is 11.9 Å². The van der Waals surface area contributed by atoms with Crippen LogP contribution in [0.15, 0.2) is 0 Å². The fourth-order valence-corrected chi connectivity index (χ4v) is 4.22. The van der Waals surface area contributed by atoms with E-state index in [-0.39, 0.29) is 11.9 Å². The average Bonchev–Trinajstić information content (AvgIpc) is 3.22. The van der Waals surface area contributed by atoms with Gasteiger partial charge >= 0.3 is 6.03 Å². The van der Waals surface area contributed by atoms with Crippen LogP contribution in [-0.2, 0) is 0 Å². The predicted octanol–water partition coefficient (Wildman–Crippen LogP) is 2.15. The molecule has 1 saturated carbocycles. The summed E-state index contributed by atoms with van der Waals surface area (Å²) in [5.41, 5.74) is 1.49. The van der Waals surface area contributed by atoms with Crippen molar-refractivity contribution in [3.63, 3.8) is 0 Å². The first-order valence-corrected chi connectivity index (χ1v) is 9.34. The lowest BCUT2D eigenvalue weighted by Crippen LogP contribution is -2.43. The van der Waals surface area contributed by atoms with Gasteiger partial charge in [-0.1, -0.05) is 12.8 Å². The van der Waals surface area contributed by atoms with Crippen LogP contribution >= 0.6 is 0 Å². The molecule has 7 nitrogen and oxygen atoms in total. The molecule has 1 aliphatic heterocycles. The number of likely N-dealkylation sites (tertiary alicyclic amines) is 1. The summed E-state index contributed by atoms with van der Waals surface area (Å²) in [6, 6.07) is 0.573. The standard InChI is InChI=1S/C18H29N5O2/c1-12-16(17(24)21-14-6-4-5-7-14)20-13(2)23(12)15-8-10-22(11-9-15)18(25)19-3/h14-15H,4-11H2,1-3H3,(H,19,25)(H,21,24). The van der Waals surface area contributed by atoms with Crippen LogP contribution in [0.2, 0.25) is 0 Å². The molecule has 1 aromatic rings. The molecule has 0 radical (unpaired) electrons. The van der Waals surface area contributed by atoms with Gasteiger partial charge in [-0.2, -0.15) is 0 Å². The van der Waals surface area contributed by atoms with Crippen LogP contribution in [0.1, 0.15) is 66.6 Å². The van der Waals surface area contributed by atoms with Crippen molar-refractivity contribution < 1.29 is 9.59 Å². The van der Waals surface area contributed by atoms with E-state index in [4.69, 9.17) is 0 Å². The summed E-state index contributed by atoms with van der Waals surface area (Å²) >= 11 is 0. The first-order chi connectivity index (χ1) is 12.0. The van der Waals surface area contributed by atoms with Gasteiger partial charge in [0.2, 0.25) is 0 Å². The number of aromatic nitrogens is 2. The molecule has 2 aliphatic rings. The number of imidazole rings is 1. The third kappa shape index (κ3) is 3.65. The number of aryl methyl sites for hydroxylation is 1. The molecule has 0 unspecified atom stereocenters. The molecule has 2 heterocycles. The summed E-state index contributed by atoms with van der Waals surface area (Å²) in [4.78, 5) is 30.7. The van der Waals surface area contributed by atoms with Crippen LogP contribution in [0, 0.1) is 13.8 Å². The van der Waals surface area contributed by atoms with Crippen molar-refractivity contribution in [1.29, 1.82) is 0 Å². The second-order valence-electron chi connectivity index (χ2n) is 7.19. The highest BCUT2D eigenvalue weighted by atomic mass is 16.2. The number of urea groups is 1. The molecule has 1 saturated heterocycles. The minimum Gasteiger partial charge on any atom is -0.348 e. The predicted molar refractivity (Wildman–Crippen MR) is 95.7 cm³/mol. The highest BCUT2D eigenvalue weighted by molar-refractivity contribution is 5.93. The number of rotatable bonds is 3. The van der Waals surface area contributed by atoms with Crippen molar-refractivity contribution in [2.45, 2.75) is 64.5 Å². The number of hydrogen-bond donors (Lipinski definition) is 2. The smallest absolute Gasteiger partial charge is 0.317 e. The average molecular weight is 347 g/mol. The zero-order valence-electron chi connectivity index (χ0n) is 15.5. The number of carbonyl (C=O) groups excluding carboxylic acids is 2. The molecule has 138 valence electrons. The Balaban J connectivity index is 1.69. The van der Waals surface area contributed by atoms with E-state index in [9.17, 15) is 9.59 Å². The van der Waals surface area contributed by atoms with Gasteiger partial charge in [0.25, 0.3) is 5.91 Å². The maximum Gasteiger partial charge on any atom is 0.317 e. The summed E-state index contributed by atoms with van der Waals surface area (Å²) in [6.45, 7) is 5.40. The van der Waals surface area contributed by atoms with Crippen LogP contribution in [0.5, 0.6) is 0 Å². The molecule has 0 atom stereocenters. The first kappa shape index (κ1) is 17.8. The Morgan fingerprint density at radius 3 is 2.32 bits per heavy atom. The number of piperidine rings is 1. The van der Waals surface area contributed by atoms with Gasteiger partial charge in [0.1, 0.15) is 11.5 Å². The van der Waals surface area contributed by atoms with Gasteiger partial charge in [-0.25, -0.2) is 9.78 Å². The summed E-state index contributed by atoms with van der Waals surface area (Å²) in [5, 5.41) is 5.81. The van der Waals surface area contributed by atoms with Crippen LogP contribution in [0.25, 0.3) is 0 Å². The van der Waals surface area contributed by atoms with Gasteiger partial charge in [0, 0.05) is 37.9 Å². The second kappa shape index (κ2) is 7.45. The minimum absolute atomic E-state index is 0.0193. The molecule has 25 heavy (non-hydrogen) atoms. The summed E-state index contributed by atoms with van der Waals surface area (Å²) in [6.07, 6.45) is 6.30. The van der Waals surface area contributed by atoms with Crippen LogP contribution in [0.3, 0.4) is 0 Å². The molecule has 0 spiro atoms. The van der Waals surface area contributed by atoms with E-state index in [1.165, 1.54) is 12.8 Å². The molecule has 3 rings (SSSR count). The third-order valence-electron chi connectivity index (χ3n) is 5.56. The minimum atomic E-state index is -0.0472. The maximum absolute atomic E-state index is 12.6. The summed E-state index contributed by atoms with van der Waals surface area (Å²) < 4.78 is 2.19. The van der Waals surface area contributed by atoms with E-state index in [1.807, 2.05) is 18.7 Å². The lowest BCUT2D eigenvalue weighted by atomic mass is 10.0. The van der Waals surface area contributed by atoms with Gasteiger partial charge in [0.05, 0.1) is 0 Å². The van der Waals surface area contributed by atoms with Crippen LogP contribution in [0.4, 0.5) is 4.79 Å². The maximum atomic E-state index is 12.6. The fraction of sp³-hybridized carbons (Fsp3) is 0.722. The van der Waals surface area contributed by atoms with Crippen molar-refractivity contribution in [3.05, 3.63) is 17.2 Å². The van der Waals surface area contributed by atoms with Gasteiger partial charge in [-0.3, -0.25) is 4.79 Å². The second-order valence-corrected chi connectivity index (χ2v) is 7.19. The molecule has 3 amide bonds. The largest absolute Gasteiger partial charge is 0.348 e. The summed E-state index contributed by atoms with van der Waals surface area (Å²) in [5.74, 6) is 0.835. The Hall–Kier alpha value is -2.05. The quantitative estimate of drug-likeness (QED) is 0.879. The Labute approximate surface area is 149 Å². The lowest BCUT2D eigenvalue weighted by Gasteiger charge is -2.33. The lowest BCUT2D eigenvalue weighted by molar-refractivity contribution is 0.0932. The Morgan fingerprint density at radius 2 is 1.72 bits per heavy atom. The topological polar surface area (TPSA) is 79.3 Å². The van der Waals surface area contributed by atoms with Crippen LogP contribution < -0.4 is 10.6 Å². The Morgan fingerprint density at radius 1 is 1.08 bits per heavy atom. The number of hydrogen-bond acceptors (Lipinski definition) is 3. The SMILES string of the molecule is CNC(=O)N1CCC(n2c(C)nc(C(=O)NC3CCCC3)c2C)CC1. The van der Waals surface area contributed by atoms with Crippen molar-refractivity contribution in [2.75, 3.05) is 20.1 Å². The van der Waals surface area contributed by atoms with Crippen LogP contribution in [-0.4, -0.2) is 52.6 Å². The Bertz CT molecular complexity index is 640. The van der Waals surface area contributed by atoms with E-state index >= 15 is 0 Å². The van der Waals surface area contributed by atoms with Crippen molar-refractivity contribution in [1.82, 2.24) is 25.1 Å². The molecule has 2 fully saturated rings. The monoisotopic (exact) mass is 347 g/mol. The van der Waals surface area contributed by atoms with E-state index in [1.54, 1.807) is 7.05 Å². The molecule has 0 bridgehead atoms. The third-order valence-corrected chi connectivity index (χ3v) is 5.56. The van der Waals surface area contributed by atoms with Gasteiger partial charge in [0.15, 0.2) is 0 Å². The van der Waals surface area contributed by atoms with E-state index in [0.29, 0.717) is 17.8 Å². The van der Waals surface area contributed by atoms with E-state index in [0.717, 1.165) is 50.3 Å². The normalized spacial score (nSPS) is 19.2. The zero-order chi connectivity index (χ0) is 18.0. The number of nitrogens with zero attached hydrogens (tertiary/aromatic N) is 3. The van der Waals surface area contributed by atoms with Gasteiger partial charge in [-0.15, -0.1) is 0 Å². The fourth-order valence-electron chi connectivity index (χ4n) is 4.22. The number of nitrogens with one attached hydrogen (secondary N) is 2. The van der Waals surface area contributed by atoms with Crippen molar-refractivity contribution in [3.8, 4) is 0 Å². The highest BCUT2D eigenvalue weighted by Crippen LogP contribution is 2.27. The molecular weight excluding hydrogens is 318 g/mol. The van der Waals surface area contributed by atoms with Gasteiger partial charge < -0.3 is 20.1 Å². The molecule has 0 aromatic carbocycles. The number of carbonyl (C=O) groups is 2. The zero-order valence-corrected chi connectivity index (χ0v) is 15.5. The molecule has 2 N–H and O–H groups in total. The van der Waals surface area contributed by atoms with Gasteiger partial charge in [-0.05, 0) is 39.5 Å². The van der Waals surface area contributed by atoms with E-state index in [2.05, 4.69) is 20.2 Å². The molecule has 7 heteroatoms.